The second kappa shape index (κ2) is 10.5. The zero-order valence-corrected chi connectivity index (χ0v) is 21.7. The van der Waals surface area contributed by atoms with Gasteiger partial charge >= 0.3 is 5.97 Å². The fourth-order valence-corrected chi connectivity index (χ4v) is 5.30. The fraction of sp³-hybridized carbons (Fsp3) is 0.250. The van der Waals surface area contributed by atoms with Crippen LogP contribution in [0.5, 0.6) is 5.75 Å². The van der Waals surface area contributed by atoms with E-state index in [0.717, 1.165) is 32.5 Å². The first-order valence-corrected chi connectivity index (χ1v) is 12.8. The van der Waals surface area contributed by atoms with E-state index in [1.807, 2.05) is 49.4 Å². The van der Waals surface area contributed by atoms with Crippen LogP contribution in [0, 0.1) is 6.92 Å². The second-order valence-corrected chi connectivity index (χ2v) is 9.86. The Morgan fingerprint density at radius 1 is 1.08 bits per heavy atom. The van der Waals surface area contributed by atoms with Crippen molar-refractivity contribution in [1.29, 1.82) is 0 Å². The number of esters is 1. The number of rotatable bonds is 8. The molecule has 0 spiro atoms. The Kier molecular flexibility index (Phi) is 6.96. The number of allylic oxidation sites excluding steroid dienone is 4. The Labute approximate surface area is 219 Å². The maximum absolute atomic E-state index is 13.3. The minimum absolute atomic E-state index is 0.241. The van der Waals surface area contributed by atoms with E-state index in [1.54, 1.807) is 18.7 Å². The number of carbonyl (C=O) groups excluding carboxylic acids is 1. The van der Waals surface area contributed by atoms with Crippen LogP contribution in [0.1, 0.15) is 50.7 Å². The summed E-state index contributed by atoms with van der Waals surface area (Å²) in [6.45, 7) is 4.30. The third-order valence-electron chi connectivity index (χ3n) is 6.32. The Morgan fingerprint density at radius 3 is 2.49 bits per heavy atom. The Morgan fingerprint density at radius 2 is 1.86 bits per heavy atom. The summed E-state index contributed by atoms with van der Waals surface area (Å²) >= 11 is 1.49. The van der Waals surface area contributed by atoms with Crippen molar-refractivity contribution in [2.45, 2.75) is 32.2 Å². The van der Waals surface area contributed by atoms with Crippen LogP contribution in [-0.4, -0.2) is 44.9 Å². The lowest BCUT2D eigenvalue weighted by Gasteiger charge is -2.29. The third kappa shape index (κ3) is 4.82. The van der Waals surface area contributed by atoms with Gasteiger partial charge < -0.3 is 9.47 Å². The van der Waals surface area contributed by atoms with Gasteiger partial charge in [0, 0.05) is 0 Å². The highest BCUT2D eigenvalue weighted by Gasteiger charge is 2.43. The summed E-state index contributed by atoms with van der Waals surface area (Å²) in [5, 5.41) is 19.4. The molecule has 4 aromatic rings. The van der Waals surface area contributed by atoms with Crippen molar-refractivity contribution in [3.8, 4) is 5.75 Å². The molecule has 1 atom stereocenters. The smallest absolute Gasteiger partial charge is 0.358 e. The molecule has 1 aliphatic carbocycles. The standard InChI is InChI=1S/C28H27N5O3S/c1-4-36-26(34)24-25(30-32-33(24)18-20-10-12-23(35-3)13-11-20)28(27-31-29-19(2)37-27)16-14-22(15-17-28)21-8-6-5-7-9-21/h5-16H,4,17-18H2,1-3H3. The van der Waals surface area contributed by atoms with Crippen LogP contribution in [0.2, 0.25) is 0 Å². The predicted octanol–water partition coefficient (Wildman–Crippen LogP) is 5.00. The van der Waals surface area contributed by atoms with Gasteiger partial charge in [-0.15, -0.1) is 26.6 Å². The number of hydrogen-bond donors (Lipinski definition) is 0. The lowest BCUT2D eigenvalue weighted by molar-refractivity contribution is 0.0510. The van der Waals surface area contributed by atoms with Crippen molar-refractivity contribution in [2.24, 2.45) is 0 Å². The van der Waals surface area contributed by atoms with Crippen LogP contribution >= 0.6 is 11.3 Å². The molecule has 0 saturated heterocycles. The van der Waals surface area contributed by atoms with Gasteiger partial charge in [-0.3, -0.25) is 0 Å². The summed E-state index contributed by atoms with van der Waals surface area (Å²) in [7, 11) is 1.63. The summed E-state index contributed by atoms with van der Waals surface area (Å²) in [5.41, 5.74) is 3.19. The van der Waals surface area contributed by atoms with Gasteiger partial charge in [0.25, 0.3) is 0 Å². The number of benzene rings is 2. The fourth-order valence-electron chi connectivity index (χ4n) is 4.43. The normalized spacial score (nSPS) is 16.9. The molecule has 5 rings (SSSR count). The molecule has 0 radical (unpaired) electrons. The average molecular weight is 514 g/mol. The number of aromatic nitrogens is 5. The van der Waals surface area contributed by atoms with Crippen molar-refractivity contribution in [1.82, 2.24) is 25.2 Å². The number of nitrogens with zero attached hydrogens (tertiary/aromatic N) is 5. The first kappa shape index (κ1) is 24.6. The van der Waals surface area contributed by atoms with Crippen LogP contribution in [0.25, 0.3) is 5.57 Å². The Balaban J connectivity index is 1.60. The van der Waals surface area contributed by atoms with Crippen molar-refractivity contribution in [2.75, 3.05) is 13.7 Å². The maximum atomic E-state index is 13.3. The molecule has 2 heterocycles. The summed E-state index contributed by atoms with van der Waals surface area (Å²) in [5.74, 6) is 0.287. The van der Waals surface area contributed by atoms with E-state index in [0.29, 0.717) is 24.4 Å². The van der Waals surface area contributed by atoms with Crippen LogP contribution in [0.3, 0.4) is 0 Å². The minimum Gasteiger partial charge on any atom is -0.497 e. The monoisotopic (exact) mass is 513 g/mol. The van der Waals surface area contributed by atoms with Gasteiger partial charge in [-0.25, -0.2) is 9.48 Å². The lowest BCUT2D eigenvalue weighted by Crippen LogP contribution is -2.30. The summed E-state index contributed by atoms with van der Waals surface area (Å²) < 4.78 is 12.4. The SMILES string of the molecule is CCOC(=O)c1c(C2(c3nnc(C)s3)C=CC(c3ccccc3)=CC2)nnn1Cc1ccc(OC)cc1. The van der Waals surface area contributed by atoms with Gasteiger partial charge in [-0.1, -0.05) is 65.9 Å². The molecule has 8 nitrogen and oxygen atoms in total. The first-order valence-electron chi connectivity index (χ1n) is 12.0. The molecular weight excluding hydrogens is 486 g/mol. The van der Waals surface area contributed by atoms with E-state index < -0.39 is 11.4 Å². The van der Waals surface area contributed by atoms with Crippen molar-refractivity contribution in [3.63, 3.8) is 0 Å². The number of aryl methyl sites for hydroxylation is 1. The quantitative estimate of drug-likeness (QED) is 0.306. The van der Waals surface area contributed by atoms with E-state index in [2.05, 4.69) is 50.9 Å². The largest absolute Gasteiger partial charge is 0.497 e. The summed E-state index contributed by atoms with van der Waals surface area (Å²) in [6, 6.07) is 17.8. The van der Waals surface area contributed by atoms with Gasteiger partial charge in [-0.05, 0) is 49.1 Å². The van der Waals surface area contributed by atoms with Crippen molar-refractivity contribution in [3.05, 3.63) is 105 Å². The highest BCUT2D eigenvalue weighted by molar-refractivity contribution is 7.11. The van der Waals surface area contributed by atoms with E-state index in [9.17, 15) is 4.79 Å². The third-order valence-corrected chi connectivity index (χ3v) is 7.34. The predicted molar refractivity (Wildman–Crippen MR) is 142 cm³/mol. The summed E-state index contributed by atoms with van der Waals surface area (Å²) in [4.78, 5) is 13.3. The minimum atomic E-state index is -0.801. The molecular formula is C28H27N5O3S. The molecule has 0 aliphatic heterocycles. The van der Waals surface area contributed by atoms with E-state index in [-0.39, 0.29) is 6.61 Å². The number of ether oxygens (including phenoxy) is 2. The Hall–Kier alpha value is -4.11. The molecule has 1 aliphatic rings. The first-order chi connectivity index (χ1) is 18.0. The van der Waals surface area contributed by atoms with Crippen LogP contribution in [0.15, 0.2) is 72.8 Å². The van der Waals surface area contributed by atoms with Gasteiger partial charge in [0.05, 0.1) is 25.7 Å². The molecule has 37 heavy (non-hydrogen) atoms. The van der Waals surface area contributed by atoms with Crippen molar-refractivity contribution >= 4 is 22.9 Å². The average Bonchev–Trinajstić information content (AvgIpc) is 3.57. The summed E-state index contributed by atoms with van der Waals surface area (Å²) in [6.07, 6.45) is 6.84. The zero-order chi connectivity index (χ0) is 25.8. The molecule has 0 fully saturated rings. The Bertz CT molecular complexity index is 1460. The zero-order valence-electron chi connectivity index (χ0n) is 20.9. The van der Waals surface area contributed by atoms with Crippen LogP contribution in [0.4, 0.5) is 0 Å². The van der Waals surface area contributed by atoms with Gasteiger partial charge in [-0.2, -0.15) is 0 Å². The van der Waals surface area contributed by atoms with Crippen molar-refractivity contribution < 1.29 is 14.3 Å². The van der Waals surface area contributed by atoms with E-state index >= 15 is 0 Å². The van der Waals surface area contributed by atoms with E-state index in [1.165, 1.54) is 11.3 Å². The molecule has 0 saturated carbocycles. The maximum Gasteiger partial charge on any atom is 0.358 e. The number of hydrogen-bond acceptors (Lipinski definition) is 8. The number of carbonyl (C=O) groups is 1. The second-order valence-electron chi connectivity index (χ2n) is 8.67. The molecule has 0 bridgehead atoms. The molecule has 2 aromatic heterocycles. The highest BCUT2D eigenvalue weighted by Crippen LogP contribution is 2.43. The van der Waals surface area contributed by atoms with Crippen LogP contribution in [-0.2, 0) is 16.7 Å². The highest BCUT2D eigenvalue weighted by atomic mass is 32.1. The van der Waals surface area contributed by atoms with Gasteiger partial charge in [0.1, 0.15) is 21.5 Å². The molecule has 0 N–H and O–H groups in total. The molecule has 1 unspecified atom stereocenters. The van der Waals surface area contributed by atoms with Gasteiger partial charge in [0.15, 0.2) is 5.69 Å². The lowest BCUT2D eigenvalue weighted by atomic mass is 9.76. The van der Waals surface area contributed by atoms with Gasteiger partial charge in [0.2, 0.25) is 0 Å². The molecule has 2 aromatic carbocycles. The van der Waals surface area contributed by atoms with E-state index in [4.69, 9.17) is 9.47 Å². The topological polar surface area (TPSA) is 92.0 Å². The molecule has 0 amide bonds. The molecule has 9 heteroatoms. The molecule has 188 valence electrons. The van der Waals surface area contributed by atoms with Crippen LogP contribution < -0.4 is 4.74 Å². The number of methoxy groups -OCH3 is 1.